The van der Waals surface area contributed by atoms with Gasteiger partial charge in [0.1, 0.15) is 17.3 Å². The predicted molar refractivity (Wildman–Crippen MR) is 105 cm³/mol. The van der Waals surface area contributed by atoms with Crippen LogP contribution in [0.4, 0.5) is 4.39 Å². The molecule has 2 atom stereocenters. The molecule has 2 unspecified atom stereocenters. The van der Waals surface area contributed by atoms with E-state index in [2.05, 4.69) is 29.2 Å². The minimum atomic E-state index is -0.370. The molecule has 148 valence electrons. The van der Waals surface area contributed by atoms with Crippen LogP contribution in [-0.2, 0) is 22.5 Å². The first-order valence-electron chi connectivity index (χ1n) is 9.86. The molecule has 0 amide bonds. The predicted octanol–water partition coefficient (Wildman–Crippen LogP) is 3.63. The summed E-state index contributed by atoms with van der Waals surface area (Å²) in [6.07, 6.45) is 1.85. The number of carbonyl (C=O) groups is 1. The summed E-state index contributed by atoms with van der Waals surface area (Å²) in [5, 5.41) is 0. The quantitative estimate of drug-likeness (QED) is 0.764. The van der Waals surface area contributed by atoms with Gasteiger partial charge in [-0.3, -0.25) is 9.69 Å². The number of ether oxygens (including phenoxy) is 2. The van der Waals surface area contributed by atoms with Crippen LogP contribution < -0.4 is 4.74 Å². The normalized spacial score (nSPS) is 24.7. The van der Waals surface area contributed by atoms with Crippen LogP contribution in [0.1, 0.15) is 24.0 Å². The van der Waals surface area contributed by atoms with Crippen molar-refractivity contribution in [1.29, 1.82) is 0 Å². The molecule has 0 aliphatic carbocycles. The van der Waals surface area contributed by atoms with Crippen LogP contribution in [0.2, 0.25) is 0 Å². The van der Waals surface area contributed by atoms with Crippen LogP contribution in [0.25, 0.3) is 0 Å². The average molecular weight is 383 g/mol. The number of benzene rings is 2. The highest BCUT2D eigenvalue weighted by atomic mass is 19.1. The first kappa shape index (κ1) is 19.1. The molecule has 4 rings (SSSR count). The van der Waals surface area contributed by atoms with Crippen LogP contribution in [0.3, 0.4) is 0 Å². The van der Waals surface area contributed by atoms with Gasteiger partial charge < -0.3 is 9.47 Å². The highest BCUT2D eigenvalue weighted by molar-refractivity contribution is 5.83. The molecule has 2 aliphatic rings. The molecule has 0 aromatic heterocycles. The van der Waals surface area contributed by atoms with E-state index in [0.717, 1.165) is 19.4 Å². The lowest BCUT2D eigenvalue weighted by Gasteiger charge is -2.48. The zero-order valence-electron chi connectivity index (χ0n) is 16.1. The third-order valence-corrected chi connectivity index (χ3v) is 5.88. The zero-order valence-corrected chi connectivity index (χ0v) is 16.1. The number of morpholine rings is 1. The van der Waals surface area contributed by atoms with Crippen molar-refractivity contribution in [2.24, 2.45) is 5.92 Å². The van der Waals surface area contributed by atoms with Gasteiger partial charge in [-0.25, -0.2) is 4.39 Å². The number of nitrogens with zero attached hydrogens (tertiary/aromatic N) is 1. The van der Waals surface area contributed by atoms with Gasteiger partial charge in [-0.1, -0.05) is 30.3 Å². The summed E-state index contributed by atoms with van der Waals surface area (Å²) in [4.78, 5) is 15.4. The summed E-state index contributed by atoms with van der Waals surface area (Å²) in [5.41, 5.74) is 1.96. The fourth-order valence-corrected chi connectivity index (χ4v) is 4.49. The van der Waals surface area contributed by atoms with Gasteiger partial charge in [-0.05, 0) is 36.1 Å². The number of methoxy groups -OCH3 is 1. The molecule has 2 aromatic carbocycles. The van der Waals surface area contributed by atoms with E-state index in [1.54, 1.807) is 6.07 Å². The number of halogens is 1. The van der Waals surface area contributed by atoms with E-state index in [-0.39, 0.29) is 36.0 Å². The number of Topliss-reactive ketones (excluding diaryl/α,β-unsaturated/α-hetero) is 1. The Balaban J connectivity index is 1.43. The van der Waals surface area contributed by atoms with E-state index in [4.69, 9.17) is 9.47 Å². The number of fused-ring (bicyclic) bond motifs is 2. The molecule has 2 aliphatic heterocycles. The number of hydrogen-bond donors (Lipinski definition) is 0. The smallest absolute Gasteiger partial charge is 0.140 e. The lowest BCUT2D eigenvalue weighted by molar-refractivity contribution is -0.133. The molecule has 0 saturated carbocycles. The Hall–Kier alpha value is -2.24. The lowest BCUT2D eigenvalue weighted by atomic mass is 9.80. The van der Waals surface area contributed by atoms with E-state index in [9.17, 15) is 9.18 Å². The van der Waals surface area contributed by atoms with Gasteiger partial charge in [0.15, 0.2) is 0 Å². The van der Waals surface area contributed by atoms with E-state index in [1.807, 2.05) is 6.07 Å². The fraction of sp³-hybridized carbons (Fsp3) is 0.435. The third kappa shape index (κ3) is 4.26. The fourth-order valence-electron chi connectivity index (χ4n) is 4.49. The SMILES string of the molecule is COc1cc(F)cc(CC(=O)C2CC3COCC(C2)N3Cc2ccccc2)c1. The Bertz CT molecular complexity index is 812. The molecule has 0 spiro atoms. The largest absolute Gasteiger partial charge is 0.497 e. The Labute approximate surface area is 165 Å². The Morgan fingerprint density at radius 1 is 1.11 bits per heavy atom. The number of ketones is 1. The monoisotopic (exact) mass is 383 g/mol. The third-order valence-electron chi connectivity index (χ3n) is 5.88. The van der Waals surface area contributed by atoms with Gasteiger partial charge >= 0.3 is 0 Å². The first-order valence-corrected chi connectivity index (χ1v) is 9.86. The van der Waals surface area contributed by atoms with Gasteiger partial charge in [0.25, 0.3) is 0 Å². The standard InChI is InChI=1S/C23H26FNO3/c1-27-22-8-17(7-19(24)12-22)9-23(26)18-10-20-14-28-15-21(11-18)25(20)13-16-5-3-2-4-6-16/h2-8,12,18,20-21H,9-11,13-15H2,1H3. The maximum Gasteiger partial charge on any atom is 0.140 e. The summed E-state index contributed by atoms with van der Waals surface area (Å²) >= 11 is 0. The van der Waals surface area contributed by atoms with Crippen LogP contribution >= 0.6 is 0 Å². The second kappa shape index (κ2) is 8.41. The summed E-state index contributed by atoms with van der Waals surface area (Å²) in [6, 6.07) is 15.4. The van der Waals surface area contributed by atoms with Crippen molar-refractivity contribution in [3.8, 4) is 5.75 Å². The lowest BCUT2D eigenvalue weighted by Crippen LogP contribution is -2.57. The van der Waals surface area contributed by atoms with Gasteiger partial charge in [0, 0.05) is 37.0 Å². The van der Waals surface area contributed by atoms with Crippen LogP contribution in [0.15, 0.2) is 48.5 Å². The molecular formula is C23H26FNO3. The molecule has 5 heteroatoms. The highest BCUT2D eigenvalue weighted by Crippen LogP contribution is 2.34. The van der Waals surface area contributed by atoms with Gasteiger partial charge in [-0.15, -0.1) is 0 Å². The summed E-state index contributed by atoms with van der Waals surface area (Å²) in [5.74, 6) is 0.264. The molecule has 2 saturated heterocycles. The zero-order chi connectivity index (χ0) is 19.5. The molecule has 0 radical (unpaired) electrons. The van der Waals surface area contributed by atoms with Crippen molar-refractivity contribution in [3.05, 3.63) is 65.5 Å². The molecule has 2 aromatic rings. The van der Waals surface area contributed by atoms with Crippen LogP contribution in [-0.4, -0.2) is 43.1 Å². The maximum atomic E-state index is 13.7. The second-order valence-corrected chi connectivity index (χ2v) is 7.81. The van der Waals surface area contributed by atoms with E-state index in [0.29, 0.717) is 24.5 Å². The Kier molecular flexibility index (Phi) is 5.74. The summed E-state index contributed by atoms with van der Waals surface area (Å²) in [6.45, 7) is 2.23. The highest BCUT2D eigenvalue weighted by Gasteiger charge is 2.41. The van der Waals surface area contributed by atoms with Crippen LogP contribution in [0.5, 0.6) is 5.75 Å². The molecular weight excluding hydrogens is 357 g/mol. The minimum absolute atomic E-state index is 0.000172. The molecule has 28 heavy (non-hydrogen) atoms. The number of carbonyl (C=O) groups excluding carboxylic acids is 1. The van der Waals surface area contributed by atoms with E-state index in [1.165, 1.54) is 24.8 Å². The topological polar surface area (TPSA) is 38.8 Å². The van der Waals surface area contributed by atoms with Crippen molar-refractivity contribution in [3.63, 3.8) is 0 Å². The maximum absolute atomic E-state index is 13.7. The summed E-state index contributed by atoms with van der Waals surface area (Å²) < 4.78 is 24.6. The van der Waals surface area contributed by atoms with Crippen molar-refractivity contribution >= 4 is 5.78 Å². The van der Waals surface area contributed by atoms with E-state index < -0.39 is 0 Å². The van der Waals surface area contributed by atoms with Crippen molar-refractivity contribution in [1.82, 2.24) is 4.90 Å². The summed E-state index contributed by atoms with van der Waals surface area (Å²) in [7, 11) is 1.50. The Morgan fingerprint density at radius 3 is 2.50 bits per heavy atom. The molecule has 0 N–H and O–H groups in total. The number of rotatable bonds is 6. The molecule has 2 bridgehead atoms. The van der Waals surface area contributed by atoms with Gasteiger partial charge in [0.2, 0.25) is 0 Å². The number of hydrogen-bond acceptors (Lipinski definition) is 4. The van der Waals surface area contributed by atoms with Crippen molar-refractivity contribution < 1.29 is 18.7 Å². The molecule has 2 fully saturated rings. The number of piperidine rings is 1. The van der Waals surface area contributed by atoms with E-state index >= 15 is 0 Å². The molecule has 4 nitrogen and oxygen atoms in total. The average Bonchev–Trinajstić information content (AvgIpc) is 2.68. The van der Waals surface area contributed by atoms with Gasteiger partial charge in [-0.2, -0.15) is 0 Å². The molecule has 2 heterocycles. The van der Waals surface area contributed by atoms with Gasteiger partial charge in [0.05, 0.1) is 20.3 Å². The minimum Gasteiger partial charge on any atom is -0.497 e. The Morgan fingerprint density at radius 2 is 1.82 bits per heavy atom. The second-order valence-electron chi connectivity index (χ2n) is 7.81. The van der Waals surface area contributed by atoms with Crippen LogP contribution in [0, 0.1) is 11.7 Å². The van der Waals surface area contributed by atoms with Crippen molar-refractivity contribution in [2.75, 3.05) is 20.3 Å². The van der Waals surface area contributed by atoms with Crippen molar-refractivity contribution in [2.45, 2.75) is 37.9 Å². The first-order chi connectivity index (χ1) is 13.6.